The number of hydrogen-bond donors (Lipinski definition) is 2. The molecule has 0 bridgehead atoms. The summed E-state index contributed by atoms with van der Waals surface area (Å²) in [7, 11) is 0. The van der Waals surface area contributed by atoms with Crippen molar-refractivity contribution in [1.82, 2.24) is 5.32 Å². The van der Waals surface area contributed by atoms with E-state index in [0.29, 0.717) is 6.04 Å². The summed E-state index contributed by atoms with van der Waals surface area (Å²) >= 11 is 0. The zero-order valence-corrected chi connectivity index (χ0v) is 12.4. The van der Waals surface area contributed by atoms with Crippen LogP contribution in [0.1, 0.15) is 38.8 Å². The zero-order valence-electron chi connectivity index (χ0n) is 12.4. The summed E-state index contributed by atoms with van der Waals surface area (Å²) in [6, 6.07) is 6.74. The second-order valence-corrected chi connectivity index (χ2v) is 6.09. The van der Waals surface area contributed by atoms with Gasteiger partial charge in [0.25, 0.3) is 0 Å². The van der Waals surface area contributed by atoms with E-state index >= 15 is 0 Å². The lowest BCUT2D eigenvalue weighted by molar-refractivity contribution is -0.117. The second-order valence-electron chi connectivity index (χ2n) is 6.09. The molecule has 2 heterocycles. The van der Waals surface area contributed by atoms with Crippen LogP contribution < -0.4 is 15.5 Å². The number of likely N-dealkylation sites (N-methyl/N-ethyl adjacent to an activating group) is 1. The Bertz CT molecular complexity index is 528. The Kier molecular flexibility index (Phi) is 3.42. The lowest BCUT2D eigenvalue weighted by atomic mass is 10.1. The van der Waals surface area contributed by atoms with E-state index in [1.165, 1.54) is 12.1 Å². The SMILES string of the molecule is CCNC1C(=O)Nc2cc(N3CC(C)CC3C)ccc21. The Morgan fingerprint density at radius 1 is 1.40 bits per heavy atom. The van der Waals surface area contributed by atoms with Gasteiger partial charge in [0.2, 0.25) is 5.91 Å². The molecule has 0 saturated carbocycles. The van der Waals surface area contributed by atoms with Gasteiger partial charge in [-0.05, 0) is 37.9 Å². The van der Waals surface area contributed by atoms with Crippen LogP contribution in [-0.2, 0) is 4.79 Å². The first-order valence-corrected chi connectivity index (χ1v) is 7.55. The average Bonchev–Trinajstić information content (AvgIpc) is 2.90. The van der Waals surface area contributed by atoms with Crippen molar-refractivity contribution in [3.8, 4) is 0 Å². The van der Waals surface area contributed by atoms with Crippen LogP contribution in [0.25, 0.3) is 0 Å². The summed E-state index contributed by atoms with van der Waals surface area (Å²) in [6.45, 7) is 8.49. The minimum atomic E-state index is -0.195. The molecule has 2 aliphatic rings. The van der Waals surface area contributed by atoms with E-state index in [9.17, 15) is 4.79 Å². The molecule has 0 aliphatic carbocycles. The van der Waals surface area contributed by atoms with E-state index in [2.05, 4.69) is 47.6 Å². The van der Waals surface area contributed by atoms with Crippen molar-refractivity contribution in [1.29, 1.82) is 0 Å². The van der Waals surface area contributed by atoms with Gasteiger partial charge in [-0.15, -0.1) is 0 Å². The Morgan fingerprint density at radius 3 is 2.85 bits per heavy atom. The molecule has 1 amide bonds. The fourth-order valence-electron chi connectivity index (χ4n) is 3.50. The minimum Gasteiger partial charge on any atom is -0.368 e. The minimum absolute atomic E-state index is 0.0573. The van der Waals surface area contributed by atoms with Gasteiger partial charge in [0, 0.05) is 29.5 Å². The van der Waals surface area contributed by atoms with Gasteiger partial charge in [0.1, 0.15) is 6.04 Å². The third-order valence-corrected chi connectivity index (χ3v) is 4.39. The number of anilines is 2. The van der Waals surface area contributed by atoms with Crippen LogP contribution in [0.5, 0.6) is 0 Å². The number of hydrogen-bond acceptors (Lipinski definition) is 3. The molecule has 0 aromatic heterocycles. The van der Waals surface area contributed by atoms with Crippen LogP contribution in [0.3, 0.4) is 0 Å². The molecule has 1 fully saturated rings. The first kappa shape index (κ1) is 13.4. The van der Waals surface area contributed by atoms with E-state index in [1.807, 2.05) is 6.92 Å². The lowest BCUT2D eigenvalue weighted by Gasteiger charge is -2.24. The summed E-state index contributed by atoms with van der Waals surface area (Å²) < 4.78 is 0. The third kappa shape index (κ3) is 2.18. The lowest BCUT2D eigenvalue weighted by Crippen LogP contribution is -2.27. The van der Waals surface area contributed by atoms with Crippen molar-refractivity contribution < 1.29 is 4.79 Å². The highest BCUT2D eigenvalue weighted by Gasteiger charge is 2.32. The number of nitrogens with one attached hydrogen (secondary N) is 2. The summed E-state index contributed by atoms with van der Waals surface area (Å²) in [5.41, 5.74) is 3.25. The number of carbonyl (C=O) groups excluding carboxylic acids is 1. The highest BCUT2D eigenvalue weighted by Crippen LogP contribution is 2.36. The predicted molar refractivity (Wildman–Crippen MR) is 82.1 cm³/mol. The monoisotopic (exact) mass is 273 g/mol. The first-order valence-electron chi connectivity index (χ1n) is 7.55. The van der Waals surface area contributed by atoms with Gasteiger partial charge in [0.05, 0.1) is 0 Å². The number of benzene rings is 1. The molecule has 108 valence electrons. The standard InChI is InChI=1S/C16H23N3O/c1-4-17-15-13-6-5-12(8-14(13)18-16(15)20)19-9-10(2)7-11(19)3/h5-6,8,10-11,15,17H,4,7,9H2,1-3H3,(H,18,20). The van der Waals surface area contributed by atoms with Crippen LogP contribution in [0.2, 0.25) is 0 Å². The van der Waals surface area contributed by atoms with Crippen LogP contribution in [0.15, 0.2) is 18.2 Å². The molecular formula is C16H23N3O. The maximum atomic E-state index is 12.0. The molecule has 1 aromatic rings. The van der Waals surface area contributed by atoms with E-state index < -0.39 is 0 Å². The fourth-order valence-corrected chi connectivity index (χ4v) is 3.50. The van der Waals surface area contributed by atoms with Gasteiger partial charge in [-0.25, -0.2) is 0 Å². The maximum absolute atomic E-state index is 12.0. The summed E-state index contributed by atoms with van der Waals surface area (Å²) in [6.07, 6.45) is 1.24. The van der Waals surface area contributed by atoms with Crippen molar-refractivity contribution in [2.45, 2.75) is 39.3 Å². The third-order valence-electron chi connectivity index (χ3n) is 4.39. The Morgan fingerprint density at radius 2 is 2.20 bits per heavy atom. The maximum Gasteiger partial charge on any atom is 0.246 e. The number of nitrogens with zero attached hydrogens (tertiary/aromatic N) is 1. The van der Waals surface area contributed by atoms with Crippen molar-refractivity contribution in [2.24, 2.45) is 5.92 Å². The smallest absolute Gasteiger partial charge is 0.246 e. The molecule has 4 heteroatoms. The van der Waals surface area contributed by atoms with Gasteiger partial charge >= 0.3 is 0 Å². The zero-order chi connectivity index (χ0) is 14.3. The second kappa shape index (κ2) is 5.09. The average molecular weight is 273 g/mol. The molecule has 3 unspecified atom stereocenters. The number of fused-ring (bicyclic) bond motifs is 1. The van der Waals surface area contributed by atoms with Gasteiger partial charge in [0.15, 0.2) is 0 Å². The number of rotatable bonds is 3. The van der Waals surface area contributed by atoms with Gasteiger partial charge in [-0.1, -0.05) is 19.9 Å². The largest absolute Gasteiger partial charge is 0.368 e. The molecule has 2 N–H and O–H groups in total. The predicted octanol–water partition coefficient (Wildman–Crippen LogP) is 2.52. The van der Waals surface area contributed by atoms with Crippen molar-refractivity contribution >= 4 is 17.3 Å². The molecule has 1 aromatic carbocycles. The van der Waals surface area contributed by atoms with Crippen LogP contribution in [-0.4, -0.2) is 25.0 Å². The van der Waals surface area contributed by atoms with Crippen molar-refractivity contribution in [2.75, 3.05) is 23.3 Å². The van der Waals surface area contributed by atoms with E-state index in [1.54, 1.807) is 0 Å². The molecule has 0 spiro atoms. The van der Waals surface area contributed by atoms with Crippen LogP contribution >= 0.6 is 0 Å². The topological polar surface area (TPSA) is 44.4 Å². The molecular weight excluding hydrogens is 250 g/mol. The van der Waals surface area contributed by atoms with Crippen LogP contribution in [0.4, 0.5) is 11.4 Å². The molecule has 4 nitrogen and oxygen atoms in total. The normalized spacial score (nSPS) is 28.6. The number of amides is 1. The highest BCUT2D eigenvalue weighted by molar-refractivity contribution is 6.03. The summed E-state index contributed by atoms with van der Waals surface area (Å²) in [4.78, 5) is 14.4. The highest BCUT2D eigenvalue weighted by atomic mass is 16.2. The van der Waals surface area contributed by atoms with Crippen LogP contribution in [0, 0.1) is 5.92 Å². The van der Waals surface area contributed by atoms with E-state index in [4.69, 9.17) is 0 Å². The van der Waals surface area contributed by atoms with E-state index in [0.717, 1.165) is 30.3 Å². The molecule has 1 saturated heterocycles. The Labute approximate surface area is 120 Å². The molecule has 20 heavy (non-hydrogen) atoms. The Hall–Kier alpha value is -1.55. The van der Waals surface area contributed by atoms with E-state index in [-0.39, 0.29) is 11.9 Å². The molecule has 0 radical (unpaired) electrons. The fraction of sp³-hybridized carbons (Fsp3) is 0.562. The molecule has 3 atom stereocenters. The first-order chi connectivity index (χ1) is 9.60. The quantitative estimate of drug-likeness (QED) is 0.889. The molecule has 2 aliphatic heterocycles. The van der Waals surface area contributed by atoms with Crippen molar-refractivity contribution in [3.63, 3.8) is 0 Å². The molecule has 3 rings (SSSR count). The number of carbonyl (C=O) groups is 1. The Balaban J connectivity index is 1.88. The van der Waals surface area contributed by atoms with Gasteiger partial charge < -0.3 is 15.5 Å². The van der Waals surface area contributed by atoms with Crippen molar-refractivity contribution in [3.05, 3.63) is 23.8 Å². The van der Waals surface area contributed by atoms with Gasteiger partial charge in [-0.3, -0.25) is 4.79 Å². The summed E-state index contributed by atoms with van der Waals surface area (Å²) in [5.74, 6) is 0.796. The van der Waals surface area contributed by atoms with Gasteiger partial charge in [-0.2, -0.15) is 0 Å². The summed E-state index contributed by atoms with van der Waals surface area (Å²) in [5, 5.41) is 6.22.